The fraction of sp³-hybridized carbons (Fsp3) is 0.375. The lowest BCUT2D eigenvalue weighted by Crippen LogP contribution is -2.41. The van der Waals surface area contributed by atoms with Gasteiger partial charge in [0.05, 0.1) is 12.7 Å². The first-order chi connectivity index (χ1) is 10.7. The number of anilines is 1. The van der Waals surface area contributed by atoms with Crippen LogP contribution in [0.15, 0.2) is 41.2 Å². The predicted octanol–water partition coefficient (Wildman–Crippen LogP) is 4.30. The summed E-state index contributed by atoms with van der Waals surface area (Å²) in [6.07, 6.45) is 7.64. The Kier molecular flexibility index (Phi) is 4.63. The molecule has 1 aliphatic rings. The zero-order valence-electron chi connectivity index (χ0n) is 12.2. The number of hydrogen-bond donors (Lipinski definition) is 1. The normalized spacial score (nSPS) is 15.0. The molecule has 1 fully saturated rings. The highest BCUT2D eigenvalue weighted by Crippen LogP contribution is 2.26. The molecular weight excluding hydrogens is 302 g/mol. The quantitative estimate of drug-likeness (QED) is 0.913. The van der Waals surface area contributed by atoms with Crippen molar-refractivity contribution in [3.8, 4) is 0 Å². The van der Waals surface area contributed by atoms with Crippen molar-refractivity contribution in [1.82, 2.24) is 10.1 Å². The molecule has 1 aromatic carbocycles. The number of amides is 2. The first-order valence-electron chi connectivity index (χ1n) is 7.44. The molecule has 2 aromatic rings. The summed E-state index contributed by atoms with van der Waals surface area (Å²) in [6.45, 7) is 0.508. The molecule has 0 unspecified atom stereocenters. The minimum absolute atomic E-state index is 0.101. The van der Waals surface area contributed by atoms with Crippen LogP contribution >= 0.6 is 11.6 Å². The van der Waals surface area contributed by atoms with Crippen LogP contribution in [0.5, 0.6) is 0 Å². The molecule has 5 nitrogen and oxygen atoms in total. The lowest BCUT2D eigenvalue weighted by molar-refractivity contribution is 0.184. The maximum atomic E-state index is 12.6. The van der Waals surface area contributed by atoms with Crippen molar-refractivity contribution in [2.75, 3.05) is 5.32 Å². The van der Waals surface area contributed by atoms with Gasteiger partial charge >= 0.3 is 6.03 Å². The zero-order chi connectivity index (χ0) is 15.4. The van der Waals surface area contributed by atoms with Gasteiger partial charge < -0.3 is 14.7 Å². The number of carbonyl (C=O) groups excluding carboxylic acids is 1. The topological polar surface area (TPSA) is 58.4 Å². The number of halogens is 1. The van der Waals surface area contributed by atoms with Gasteiger partial charge in [-0.05, 0) is 37.1 Å². The highest BCUT2D eigenvalue weighted by atomic mass is 35.5. The lowest BCUT2D eigenvalue weighted by Gasteiger charge is -2.28. The smallest absolute Gasteiger partial charge is 0.322 e. The summed E-state index contributed by atoms with van der Waals surface area (Å²) >= 11 is 5.87. The average molecular weight is 320 g/mol. The number of nitrogens with zero attached hydrogens (tertiary/aromatic N) is 2. The molecule has 2 amide bonds. The van der Waals surface area contributed by atoms with E-state index in [1.165, 1.54) is 12.8 Å². The number of benzene rings is 1. The predicted molar refractivity (Wildman–Crippen MR) is 84.8 cm³/mol. The molecule has 22 heavy (non-hydrogen) atoms. The molecule has 1 N–H and O–H groups in total. The van der Waals surface area contributed by atoms with Gasteiger partial charge in [-0.3, -0.25) is 0 Å². The van der Waals surface area contributed by atoms with Crippen molar-refractivity contribution in [2.45, 2.75) is 38.3 Å². The first-order valence-corrected chi connectivity index (χ1v) is 7.81. The van der Waals surface area contributed by atoms with Crippen LogP contribution in [0.1, 0.15) is 31.2 Å². The summed E-state index contributed by atoms with van der Waals surface area (Å²) in [7, 11) is 0. The fourth-order valence-corrected chi connectivity index (χ4v) is 2.94. The monoisotopic (exact) mass is 319 g/mol. The maximum Gasteiger partial charge on any atom is 0.322 e. The molecule has 1 aliphatic carbocycles. The van der Waals surface area contributed by atoms with Crippen LogP contribution in [-0.2, 0) is 6.54 Å². The summed E-state index contributed by atoms with van der Waals surface area (Å²) in [4.78, 5) is 14.5. The third kappa shape index (κ3) is 3.60. The number of urea groups is 1. The Morgan fingerprint density at radius 2 is 2.05 bits per heavy atom. The molecule has 1 heterocycles. The van der Waals surface area contributed by atoms with Crippen molar-refractivity contribution in [3.63, 3.8) is 0 Å². The Morgan fingerprint density at radius 3 is 2.68 bits per heavy atom. The second-order valence-electron chi connectivity index (χ2n) is 5.54. The van der Waals surface area contributed by atoms with Gasteiger partial charge in [-0.15, -0.1) is 0 Å². The van der Waals surface area contributed by atoms with Crippen LogP contribution in [-0.4, -0.2) is 22.1 Å². The van der Waals surface area contributed by atoms with Crippen molar-refractivity contribution < 1.29 is 9.32 Å². The van der Waals surface area contributed by atoms with Gasteiger partial charge in [0.25, 0.3) is 0 Å². The largest absolute Gasteiger partial charge is 0.364 e. The van der Waals surface area contributed by atoms with E-state index in [4.69, 9.17) is 16.1 Å². The van der Waals surface area contributed by atoms with Gasteiger partial charge in [-0.1, -0.05) is 29.6 Å². The lowest BCUT2D eigenvalue weighted by atomic mass is 10.2. The van der Waals surface area contributed by atoms with E-state index in [0.717, 1.165) is 24.1 Å². The highest BCUT2D eigenvalue weighted by Gasteiger charge is 2.27. The molecule has 0 aliphatic heterocycles. The molecule has 0 atom stereocenters. The van der Waals surface area contributed by atoms with Crippen molar-refractivity contribution in [3.05, 3.63) is 47.3 Å². The maximum absolute atomic E-state index is 12.6. The van der Waals surface area contributed by atoms with Gasteiger partial charge in [-0.25, -0.2) is 4.79 Å². The van der Waals surface area contributed by atoms with E-state index in [0.29, 0.717) is 11.6 Å². The molecule has 0 spiro atoms. The summed E-state index contributed by atoms with van der Waals surface area (Å²) in [5, 5.41) is 7.29. The fourth-order valence-electron chi connectivity index (χ4n) is 2.81. The van der Waals surface area contributed by atoms with E-state index in [9.17, 15) is 4.79 Å². The van der Waals surface area contributed by atoms with Crippen LogP contribution in [0.2, 0.25) is 5.02 Å². The molecule has 1 saturated carbocycles. The standard InChI is InChI=1S/C16H18ClN3O2/c17-13-5-7-14(8-6-13)19-16(21)20(15-3-1-2-4-15)10-12-9-18-22-11-12/h5-9,11,15H,1-4,10H2,(H,19,21). The molecule has 1 aromatic heterocycles. The molecule has 0 radical (unpaired) electrons. The Balaban J connectivity index is 1.72. The summed E-state index contributed by atoms with van der Waals surface area (Å²) in [6, 6.07) is 7.28. The molecule has 0 bridgehead atoms. The third-order valence-corrected chi connectivity index (χ3v) is 4.21. The van der Waals surface area contributed by atoms with Crippen LogP contribution < -0.4 is 5.32 Å². The van der Waals surface area contributed by atoms with Crippen molar-refractivity contribution in [1.29, 1.82) is 0 Å². The molecule has 116 valence electrons. The Morgan fingerprint density at radius 1 is 1.32 bits per heavy atom. The van der Waals surface area contributed by atoms with E-state index in [1.54, 1.807) is 36.7 Å². The molecule has 0 saturated heterocycles. The van der Waals surface area contributed by atoms with Gasteiger partial charge in [-0.2, -0.15) is 0 Å². The number of nitrogens with one attached hydrogen (secondary N) is 1. The van der Waals surface area contributed by atoms with Gasteiger partial charge in [0.2, 0.25) is 0 Å². The zero-order valence-corrected chi connectivity index (χ0v) is 12.9. The Labute approximate surface area is 134 Å². The molecular formula is C16H18ClN3O2. The van der Waals surface area contributed by atoms with E-state index < -0.39 is 0 Å². The van der Waals surface area contributed by atoms with Crippen LogP contribution in [0.4, 0.5) is 10.5 Å². The number of carbonyl (C=O) groups is 1. The Bertz CT molecular complexity index is 607. The van der Waals surface area contributed by atoms with Gasteiger partial charge in [0, 0.05) is 22.3 Å². The summed E-state index contributed by atoms with van der Waals surface area (Å²) in [5.74, 6) is 0. The minimum Gasteiger partial charge on any atom is -0.364 e. The van der Waals surface area contributed by atoms with Crippen molar-refractivity contribution in [2.24, 2.45) is 0 Å². The van der Waals surface area contributed by atoms with Crippen LogP contribution in [0.25, 0.3) is 0 Å². The van der Waals surface area contributed by atoms with Gasteiger partial charge in [0.15, 0.2) is 0 Å². The second kappa shape index (κ2) is 6.83. The van der Waals surface area contributed by atoms with Gasteiger partial charge in [0.1, 0.15) is 6.26 Å². The SMILES string of the molecule is O=C(Nc1ccc(Cl)cc1)N(Cc1cnoc1)C1CCCC1. The van der Waals surface area contributed by atoms with Crippen LogP contribution in [0, 0.1) is 0 Å². The third-order valence-electron chi connectivity index (χ3n) is 3.96. The summed E-state index contributed by atoms with van der Waals surface area (Å²) < 4.78 is 4.87. The number of hydrogen-bond acceptors (Lipinski definition) is 3. The first kappa shape index (κ1) is 14.9. The minimum atomic E-state index is -0.101. The van der Waals surface area contributed by atoms with E-state index >= 15 is 0 Å². The van der Waals surface area contributed by atoms with E-state index in [1.807, 2.05) is 4.90 Å². The van der Waals surface area contributed by atoms with E-state index in [2.05, 4.69) is 10.5 Å². The molecule has 6 heteroatoms. The summed E-state index contributed by atoms with van der Waals surface area (Å²) in [5.41, 5.74) is 1.64. The molecule has 3 rings (SSSR count). The van der Waals surface area contributed by atoms with E-state index in [-0.39, 0.29) is 12.1 Å². The Hall–Kier alpha value is -2.01. The van der Waals surface area contributed by atoms with Crippen molar-refractivity contribution >= 4 is 23.3 Å². The number of aromatic nitrogens is 1. The second-order valence-corrected chi connectivity index (χ2v) is 5.97. The number of rotatable bonds is 4. The highest BCUT2D eigenvalue weighted by molar-refractivity contribution is 6.30. The average Bonchev–Trinajstić information content (AvgIpc) is 3.20. The van der Waals surface area contributed by atoms with Crippen LogP contribution in [0.3, 0.4) is 0 Å².